The van der Waals surface area contributed by atoms with E-state index < -0.39 is 0 Å². The van der Waals surface area contributed by atoms with Gasteiger partial charge in [-0.1, -0.05) is 12.1 Å². The van der Waals surface area contributed by atoms with Gasteiger partial charge in [0.1, 0.15) is 0 Å². The van der Waals surface area contributed by atoms with Gasteiger partial charge < -0.3 is 25.0 Å². The highest BCUT2D eigenvalue weighted by molar-refractivity contribution is 14.0. The van der Waals surface area contributed by atoms with E-state index in [1.165, 1.54) is 16.8 Å². The molecule has 27 heavy (non-hydrogen) atoms. The molecule has 0 amide bonds. The Morgan fingerprint density at radius 3 is 2.81 bits per heavy atom. The van der Waals surface area contributed by atoms with Crippen molar-refractivity contribution in [3.05, 3.63) is 29.3 Å². The predicted molar refractivity (Wildman–Crippen MR) is 124 cm³/mol. The summed E-state index contributed by atoms with van der Waals surface area (Å²) in [6.45, 7) is 8.85. The van der Waals surface area contributed by atoms with Gasteiger partial charge in [-0.3, -0.25) is 0 Å². The van der Waals surface area contributed by atoms with Crippen LogP contribution in [-0.2, 0) is 16.0 Å². The summed E-state index contributed by atoms with van der Waals surface area (Å²) in [6.07, 6.45) is 2.25. The van der Waals surface area contributed by atoms with E-state index in [9.17, 15) is 0 Å². The monoisotopic (exact) mass is 490 g/mol. The minimum absolute atomic E-state index is 0. The number of nitrogens with zero attached hydrogens (tertiary/aromatic N) is 2. The third-order valence-electron chi connectivity index (χ3n) is 4.33. The molecule has 1 heterocycles. The average Bonchev–Trinajstić information content (AvgIpc) is 3.13. The fourth-order valence-electron chi connectivity index (χ4n) is 2.90. The summed E-state index contributed by atoms with van der Waals surface area (Å²) in [5, 5.41) is 6.70. The normalized spacial score (nSPS) is 16.7. The van der Waals surface area contributed by atoms with E-state index in [0.717, 1.165) is 51.7 Å². The van der Waals surface area contributed by atoms with Gasteiger partial charge in [0.25, 0.3) is 0 Å². The third kappa shape index (κ3) is 8.66. The van der Waals surface area contributed by atoms with Crippen LogP contribution in [0.25, 0.3) is 0 Å². The predicted octanol–water partition coefficient (Wildman–Crippen LogP) is 2.93. The Balaban J connectivity index is 0.00000364. The number of aliphatic imine (C=N–C) groups is 1. The van der Waals surface area contributed by atoms with Crippen molar-refractivity contribution in [3.8, 4) is 0 Å². The summed E-state index contributed by atoms with van der Waals surface area (Å²) in [7, 11) is 4.14. The number of rotatable bonds is 9. The number of halogens is 1. The van der Waals surface area contributed by atoms with E-state index in [4.69, 9.17) is 14.5 Å². The zero-order valence-corrected chi connectivity index (χ0v) is 19.4. The van der Waals surface area contributed by atoms with Crippen molar-refractivity contribution < 1.29 is 9.47 Å². The molecule has 1 aromatic carbocycles. The molecule has 0 spiro atoms. The van der Waals surface area contributed by atoms with E-state index in [-0.39, 0.29) is 30.1 Å². The van der Waals surface area contributed by atoms with Crippen molar-refractivity contribution in [2.75, 3.05) is 51.9 Å². The first kappa shape index (κ1) is 24.0. The van der Waals surface area contributed by atoms with Crippen LogP contribution in [-0.4, -0.2) is 59.1 Å². The molecular formula is C20H35IN4O2. The maximum atomic E-state index is 5.80. The molecular weight excluding hydrogens is 455 g/mol. The van der Waals surface area contributed by atoms with E-state index in [2.05, 4.69) is 61.7 Å². The molecule has 7 heteroatoms. The average molecular weight is 490 g/mol. The number of hydrogen-bond acceptors (Lipinski definition) is 4. The Bertz CT molecular complexity index is 575. The summed E-state index contributed by atoms with van der Waals surface area (Å²) in [4.78, 5) is 6.88. The summed E-state index contributed by atoms with van der Waals surface area (Å²) >= 11 is 0. The Morgan fingerprint density at radius 1 is 1.33 bits per heavy atom. The van der Waals surface area contributed by atoms with E-state index in [0.29, 0.717) is 6.54 Å². The summed E-state index contributed by atoms with van der Waals surface area (Å²) in [6, 6.07) is 6.51. The molecule has 0 bridgehead atoms. The first-order chi connectivity index (χ1) is 12.6. The molecule has 1 aliphatic heterocycles. The number of hydrogen-bond donors (Lipinski definition) is 2. The number of nitrogens with one attached hydrogen (secondary N) is 2. The molecule has 0 radical (unpaired) electrons. The number of anilines is 1. The van der Waals surface area contributed by atoms with Crippen molar-refractivity contribution in [3.63, 3.8) is 0 Å². The lowest BCUT2D eigenvalue weighted by molar-refractivity contribution is 0.0420. The van der Waals surface area contributed by atoms with Gasteiger partial charge in [-0.2, -0.15) is 0 Å². The second kappa shape index (κ2) is 13.2. The Labute approximate surface area is 181 Å². The smallest absolute Gasteiger partial charge is 0.191 e. The van der Waals surface area contributed by atoms with E-state index in [1.54, 1.807) is 0 Å². The molecule has 2 N–H and O–H groups in total. The van der Waals surface area contributed by atoms with Gasteiger partial charge in [-0.25, -0.2) is 4.99 Å². The number of benzene rings is 1. The minimum atomic E-state index is 0. The lowest BCUT2D eigenvalue weighted by Crippen LogP contribution is -2.38. The molecule has 1 aliphatic rings. The van der Waals surface area contributed by atoms with Crippen LogP contribution in [0.2, 0.25) is 0 Å². The zero-order valence-electron chi connectivity index (χ0n) is 17.1. The Kier molecular flexibility index (Phi) is 11.7. The van der Waals surface area contributed by atoms with Crippen molar-refractivity contribution in [1.29, 1.82) is 0 Å². The lowest BCUT2D eigenvalue weighted by atomic mass is 10.1. The highest BCUT2D eigenvalue weighted by Crippen LogP contribution is 2.21. The molecule has 154 valence electrons. The molecule has 1 saturated heterocycles. The quantitative estimate of drug-likeness (QED) is 0.241. The molecule has 0 aliphatic carbocycles. The van der Waals surface area contributed by atoms with Crippen LogP contribution < -0.4 is 15.5 Å². The van der Waals surface area contributed by atoms with Crippen LogP contribution >= 0.6 is 24.0 Å². The van der Waals surface area contributed by atoms with Crippen LogP contribution in [0.4, 0.5) is 5.69 Å². The highest BCUT2D eigenvalue weighted by atomic mass is 127. The van der Waals surface area contributed by atoms with Crippen LogP contribution in [0.1, 0.15) is 30.9 Å². The molecule has 1 fully saturated rings. The van der Waals surface area contributed by atoms with Crippen LogP contribution in [0, 0.1) is 6.92 Å². The summed E-state index contributed by atoms with van der Waals surface area (Å²) in [5.74, 6) is 0.849. The van der Waals surface area contributed by atoms with E-state index in [1.807, 2.05) is 0 Å². The largest absolute Gasteiger partial charge is 0.379 e. The van der Waals surface area contributed by atoms with E-state index >= 15 is 0 Å². The van der Waals surface area contributed by atoms with Crippen molar-refractivity contribution >= 4 is 35.6 Å². The maximum Gasteiger partial charge on any atom is 0.191 e. The topological polar surface area (TPSA) is 58.1 Å². The van der Waals surface area contributed by atoms with Gasteiger partial charge in [-0.05, 0) is 43.9 Å². The first-order valence-corrected chi connectivity index (χ1v) is 9.58. The Hall–Kier alpha value is -1.06. The first-order valence-electron chi connectivity index (χ1n) is 9.58. The van der Waals surface area contributed by atoms with Gasteiger partial charge in [0.15, 0.2) is 5.96 Å². The highest BCUT2D eigenvalue weighted by Gasteiger charge is 2.15. The van der Waals surface area contributed by atoms with Crippen molar-refractivity contribution in [2.45, 2.75) is 39.3 Å². The van der Waals surface area contributed by atoms with Crippen molar-refractivity contribution in [1.82, 2.24) is 10.6 Å². The maximum absolute atomic E-state index is 5.80. The second-order valence-electron chi connectivity index (χ2n) is 6.86. The van der Waals surface area contributed by atoms with Gasteiger partial charge in [0, 0.05) is 46.1 Å². The third-order valence-corrected chi connectivity index (χ3v) is 4.33. The molecule has 1 atom stereocenters. The molecule has 2 rings (SSSR count). The lowest BCUT2D eigenvalue weighted by Gasteiger charge is -2.18. The molecule has 1 aromatic rings. The molecule has 0 aromatic heterocycles. The Morgan fingerprint density at radius 2 is 2.15 bits per heavy atom. The second-order valence-corrected chi connectivity index (χ2v) is 6.86. The number of guanidine groups is 1. The van der Waals surface area contributed by atoms with Crippen LogP contribution in [0.15, 0.2) is 23.2 Å². The fourth-order valence-corrected chi connectivity index (χ4v) is 2.90. The standard InChI is InChI=1S/C20H34N4O2.HI/c1-5-21-20(22-10-6-11-26-18-9-12-25-15-18)23-14-17-8-7-16(2)13-19(17)24(3)4;/h7-8,13,18H,5-6,9-12,14-15H2,1-4H3,(H2,21,22,23);1H. The minimum Gasteiger partial charge on any atom is -0.379 e. The SMILES string of the molecule is CCNC(=NCc1ccc(C)cc1N(C)C)NCCCOC1CCOC1.I. The summed E-state index contributed by atoms with van der Waals surface area (Å²) < 4.78 is 11.1. The molecule has 0 saturated carbocycles. The number of aryl methyl sites for hydroxylation is 1. The van der Waals surface area contributed by atoms with Gasteiger partial charge in [-0.15, -0.1) is 24.0 Å². The fraction of sp³-hybridized carbons (Fsp3) is 0.650. The van der Waals surface area contributed by atoms with Crippen LogP contribution in [0.5, 0.6) is 0 Å². The van der Waals surface area contributed by atoms with Crippen LogP contribution in [0.3, 0.4) is 0 Å². The van der Waals surface area contributed by atoms with Crippen molar-refractivity contribution in [2.24, 2.45) is 4.99 Å². The number of ether oxygens (including phenoxy) is 2. The summed E-state index contributed by atoms with van der Waals surface area (Å²) in [5.41, 5.74) is 3.71. The van der Waals surface area contributed by atoms with Gasteiger partial charge in [0.2, 0.25) is 0 Å². The zero-order chi connectivity index (χ0) is 18.8. The van der Waals surface area contributed by atoms with Gasteiger partial charge in [0.05, 0.1) is 19.3 Å². The molecule has 1 unspecified atom stereocenters. The molecule has 6 nitrogen and oxygen atoms in total. The van der Waals surface area contributed by atoms with Gasteiger partial charge >= 0.3 is 0 Å².